The van der Waals surface area contributed by atoms with Gasteiger partial charge in [0.2, 0.25) is 0 Å². The smallest absolute Gasteiger partial charge is 0.319 e. The summed E-state index contributed by atoms with van der Waals surface area (Å²) in [7, 11) is 0. The van der Waals surface area contributed by atoms with Gasteiger partial charge in [0.05, 0.1) is 22.4 Å². The molecule has 0 atom stereocenters. The van der Waals surface area contributed by atoms with Crippen LogP contribution in [0, 0.1) is 0 Å². The molecular formula is C22H27Cl2N5O2. The third kappa shape index (κ3) is 5.74. The number of carbonyl (C=O) groups is 2. The maximum absolute atomic E-state index is 12.3. The van der Waals surface area contributed by atoms with Gasteiger partial charge in [-0.1, -0.05) is 49.9 Å². The van der Waals surface area contributed by atoms with Crippen LogP contribution in [0.1, 0.15) is 39.5 Å². The molecular weight excluding hydrogens is 437 g/mol. The normalized spacial score (nSPS) is 11.0. The van der Waals surface area contributed by atoms with Crippen LogP contribution in [0.4, 0.5) is 21.0 Å². The number of unbranched alkanes of at least 4 members (excludes halogenated alkanes) is 2. The average molecular weight is 464 g/mol. The lowest BCUT2D eigenvalue weighted by atomic mass is 10.1. The Labute approximate surface area is 191 Å². The van der Waals surface area contributed by atoms with Gasteiger partial charge in [-0.05, 0) is 37.1 Å². The summed E-state index contributed by atoms with van der Waals surface area (Å²) in [5, 5.41) is 13.9. The highest BCUT2D eigenvalue weighted by atomic mass is 35.5. The van der Waals surface area contributed by atoms with Crippen molar-refractivity contribution in [2.75, 3.05) is 23.7 Å². The van der Waals surface area contributed by atoms with E-state index in [1.165, 1.54) is 0 Å². The van der Waals surface area contributed by atoms with E-state index in [1.807, 2.05) is 0 Å². The number of benzene rings is 2. The maximum Gasteiger partial charge on any atom is 0.319 e. The molecule has 9 heteroatoms. The molecule has 1 heterocycles. The number of hydrogen-bond acceptors (Lipinski definition) is 2. The number of hydrogen-bond donors (Lipinski definition) is 5. The number of aromatic amines is 1. The van der Waals surface area contributed by atoms with E-state index in [-0.39, 0.29) is 12.1 Å². The Morgan fingerprint density at radius 3 is 1.58 bits per heavy atom. The molecule has 5 N–H and O–H groups in total. The second kappa shape index (κ2) is 10.6. The van der Waals surface area contributed by atoms with Gasteiger partial charge < -0.3 is 26.3 Å². The van der Waals surface area contributed by atoms with Crippen molar-refractivity contribution in [1.82, 2.24) is 15.6 Å². The van der Waals surface area contributed by atoms with E-state index < -0.39 is 0 Å². The zero-order valence-corrected chi connectivity index (χ0v) is 19.1. The predicted molar refractivity (Wildman–Crippen MR) is 130 cm³/mol. The molecule has 1 aromatic heterocycles. The van der Waals surface area contributed by atoms with Crippen LogP contribution in [0.2, 0.25) is 10.0 Å². The number of aromatic nitrogens is 1. The molecule has 0 aliphatic rings. The number of halogens is 2. The van der Waals surface area contributed by atoms with E-state index >= 15 is 0 Å². The summed E-state index contributed by atoms with van der Waals surface area (Å²) in [6.45, 7) is 5.31. The van der Waals surface area contributed by atoms with E-state index in [0.29, 0.717) is 45.5 Å². The highest BCUT2D eigenvalue weighted by molar-refractivity contribution is 6.34. The van der Waals surface area contributed by atoms with Crippen molar-refractivity contribution in [1.29, 1.82) is 0 Å². The van der Waals surface area contributed by atoms with Crippen LogP contribution in [-0.4, -0.2) is 30.1 Å². The number of H-pyrrole nitrogens is 1. The van der Waals surface area contributed by atoms with Gasteiger partial charge in [-0.25, -0.2) is 9.59 Å². The molecule has 3 rings (SSSR count). The molecule has 0 fully saturated rings. The summed E-state index contributed by atoms with van der Waals surface area (Å²) in [6, 6.07) is 6.37. The van der Waals surface area contributed by atoms with E-state index in [0.717, 1.165) is 36.5 Å². The lowest BCUT2D eigenvalue weighted by molar-refractivity contribution is 0.251. The monoisotopic (exact) mass is 463 g/mol. The number of urea groups is 2. The van der Waals surface area contributed by atoms with E-state index in [9.17, 15) is 9.59 Å². The molecule has 2 aromatic carbocycles. The summed E-state index contributed by atoms with van der Waals surface area (Å²) in [5.74, 6) is 0. The number of fused-ring (bicyclic) bond motifs is 3. The molecule has 0 aliphatic heterocycles. The van der Waals surface area contributed by atoms with E-state index in [2.05, 4.69) is 40.1 Å². The van der Waals surface area contributed by atoms with Gasteiger partial charge in [0.1, 0.15) is 0 Å². The number of amides is 4. The third-order valence-electron chi connectivity index (χ3n) is 4.87. The van der Waals surface area contributed by atoms with Crippen molar-refractivity contribution < 1.29 is 9.59 Å². The molecule has 0 spiro atoms. The Kier molecular flexibility index (Phi) is 7.87. The van der Waals surface area contributed by atoms with Crippen molar-refractivity contribution in [3.8, 4) is 0 Å². The molecule has 4 amide bonds. The van der Waals surface area contributed by atoms with E-state index in [4.69, 9.17) is 23.2 Å². The molecule has 7 nitrogen and oxygen atoms in total. The average Bonchev–Trinajstić information content (AvgIpc) is 3.07. The summed E-state index contributed by atoms with van der Waals surface area (Å²) >= 11 is 12.7. The minimum atomic E-state index is -0.303. The van der Waals surface area contributed by atoms with Gasteiger partial charge in [-0.15, -0.1) is 0 Å². The second-order valence-corrected chi connectivity index (χ2v) is 8.22. The Balaban J connectivity index is 1.97. The zero-order chi connectivity index (χ0) is 22.4. The summed E-state index contributed by atoms with van der Waals surface area (Å²) < 4.78 is 0. The fraction of sp³-hybridized carbons (Fsp3) is 0.364. The summed E-state index contributed by atoms with van der Waals surface area (Å²) in [5.41, 5.74) is 2.48. The fourth-order valence-corrected chi connectivity index (χ4v) is 3.76. The van der Waals surface area contributed by atoms with Crippen LogP contribution in [0.15, 0.2) is 24.3 Å². The predicted octanol–water partition coefficient (Wildman–Crippen LogP) is 6.47. The SMILES string of the molecule is CCCCNC(=O)Nc1cc(Cl)cc2c1[nH]c1c(NC(=O)NCCCC)cc(Cl)cc12. The Morgan fingerprint density at radius 1 is 0.774 bits per heavy atom. The first-order valence-corrected chi connectivity index (χ1v) is 11.2. The first-order valence-electron chi connectivity index (χ1n) is 10.5. The van der Waals surface area contributed by atoms with Gasteiger partial charge >= 0.3 is 12.1 Å². The van der Waals surface area contributed by atoms with Gasteiger partial charge in [0.15, 0.2) is 0 Å². The Bertz CT molecular complexity index is 1010. The lowest BCUT2D eigenvalue weighted by Gasteiger charge is -2.09. The molecule has 0 radical (unpaired) electrons. The standard InChI is InChI=1S/C22H27Cl2N5O2/c1-3-5-7-25-21(30)27-17-11-13(23)9-15-16-10-14(24)12-18(20(16)29-19(15)17)28-22(31)26-8-6-4-2/h9-12,29H,3-8H2,1-2H3,(H2,25,27,30)(H2,26,28,31). The van der Waals surface area contributed by atoms with Gasteiger partial charge in [0, 0.05) is 33.9 Å². The summed E-state index contributed by atoms with van der Waals surface area (Å²) in [4.78, 5) is 27.9. The fourth-order valence-electron chi connectivity index (χ4n) is 3.32. The second-order valence-electron chi connectivity index (χ2n) is 7.35. The van der Waals surface area contributed by atoms with Crippen molar-refractivity contribution in [2.45, 2.75) is 39.5 Å². The van der Waals surface area contributed by atoms with Crippen LogP contribution < -0.4 is 21.3 Å². The van der Waals surface area contributed by atoms with Gasteiger partial charge in [-0.3, -0.25) is 0 Å². The van der Waals surface area contributed by atoms with Crippen LogP contribution in [0.25, 0.3) is 21.8 Å². The molecule has 31 heavy (non-hydrogen) atoms. The van der Waals surface area contributed by atoms with Crippen LogP contribution >= 0.6 is 23.2 Å². The summed E-state index contributed by atoms with van der Waals surface area (Å²) in [6.07, 6.45) is 3.79. The van der Waals surface area contributed by atoms with Crippen LogP contribution in [-0.2, 0) is 0 Å². The number of carbonyl (C=O) groups excluding carboxylic acids is 2. The Hall–Kier alpha value is -2.64. The Morgan fingerprint density at radius 2 is 1.19 bits per heavy atom. The number of rotatable bonds is 8. The molecule has 166 valence electrons. The maximum atomic E-state index is 12.3. The van der Waals surface area contributed by atoms with Crippen molar-refractivity contribution in [3.05, 3.63) is 34.3 Å². The highest BCUT2D eigenvalue weighted by Crippen LogP contribution is 2.38. The topological polar surface area (TPSA) is 98.1 Å². The minimum absolute atomic E-state index is 0.303. The molecule has 0 unspecified atom stereocenters. The highest BCUT2D eigenvalue weighted by Gasteiger charge is 2.16. The van der Waals surface area contributed by atoms with Crippen molar-refractivity contribution >= 4 is 68.4 Å². The third-order valence-corrected chi connectivity index (χ3v) is 5.31. The van der Waals surface area contributed by atoms with Crippen LogP contribution in [0.3, 0.4) is 0 Å². The number of nitrogens with one attached hydrogen (secondary N) is 5. The quantitative estimate of drug-likeness (QED) is 0.247. The molecule has 0 aliphatic carbocycles. The first-order chi connectivity index (χ1) is 14.9. The molecule has 3 aromatic rings. The van der Waals surface area contributed by atoms with Gasteiger partial charge in [0.25, 0.3) is 0 Å². The van der Waals surface area contributed by atoms with Crippen molar-refractivity contribution in [3.63, 3.8) is 0 Å². The largest absolute Gasteiger partial charge is 0.351 e. The number of anilines is 2. The molecule has 0 saturated carbocycles. The molecule has 0 saturated heterocycles. The van der Waals surface area contributed by atoms with Gasteiger partial charge in [-0.2, -0.15) is 0 Å². The van der Waals surface area contributed by atoms with Crippen molar-refractivity contribution in [2.24, 2.45) is 0 Å². The zero-order valence-electron chi connectivity index (χ0n) is 17.6. The van der Waals surface area contributed by atoms with E-state index in [1.54, 1.807) is 24.3 Å². The lowest BCUT2D eigenvalue weighted by Crippen LogP contribution is -2.29. The minimum Gasteiger partial charge on any atom is -0.351 e. The molecule has 0 bridgehead atoms. The first kappa shape index (κ1) is 23.0. The van der Waals surface area contributed by atoms with Crippen LogP contribution in [0.5, 0.6) is 0 Å².